The van der Waals surface area contributed by atoms with Crippen molar-refractivity contribution in [3.8, 4) is 0 Å². The van der Waals surface area contributed by atoms with E-state index in [1.807, 2.05) is 0 Å². The number of rotatable bonds is 3. The van der Waals surface area contributed by atoms with Crippen molar-refractivity contribution in [2.45, 2.75) is 26.3 Å². The number of Topliss-reactive ketones (excluding diaryl/α,β-unsaturated/α-hetero) is 1. The second-order valence-corrected chi connectivity index (χ2v) is 4.53. The van der Waals surface area contributed by atoms with Gasteiger partial charge in [-0.15, -0.1) is 0 Å². The van der Waals surface area contributed by atoms with Crippen molar-refractivity contribution in [1.29, 1.82) is 0 Å². The lowest BCUT2D eigenvalue weighted by atomic mass is 10.1. The van der Waals surface area contributed by atoms with Gasteiger partial charge in [-0.1, -0.05) is 6.92 Å². The van der Waals surface area contributed by atoms with Crippen LogP contribution in [0.25, 0.3) is 11.2 Å². The minimum Gasteiger partial charge on any atom is -0.314 e. The van der Waals surface area contributed by atoms with Crippen LogP contribution in [0.2, 0.25) is 0 Å². The SMILES string of the molecule is CCC(=O)[C@H](C)n1cnc2c1c(=O)n(C)c(=O)n2C. The maximum absolute atomic E-state index is 12.2. The lowest BCUT2D eigenvalue weighted by Gasteiger charge is -2.12. The van der Waals surface area contributed by atoms with Gasteiger partial charge in [0.15, 0.2) is 16.9 Å². The number of aromatic nitrogens is 4. The van der Waals surface area contributed by atoms with Gasteiger partial charge in [-0.05, 0) is 6.92 Å². The van der Waals surface area contributed by atoms with E-state index in [0.717, 1.165) is 4.57 Å². The Bertz CT molecular complexity index is 766. The van der Waals surface area contributed by atoms with Gasteiger partial charge < -0.3 is 4.57 Å². The molecule has 0 aliphatic rings. The third-order valence-corrected chi connectivity index (χ3v) is 3.40. The van der Waals surface area contributed by atoms with Crippen LogP contribution in [0.3, 0.4) is 0 Å². The Morgan fingerprint density at radius 3 is 2.53 bits per heavy atom. The largest absolute Gasteiger partial charge is 0.332 e. The Morgan fingerprint density at radius 2 is 1.95 bits per heavy atom. The van der Waals surface area contributed by atoms with Gasteiger partial charge in [-0.2, -0.15) is 0 Å². The van der Waals surface area contributed by atoms with Crippen LogP contribution in [-0.4, -0.2) is 24.5 Å². The molecule has 0 aromatic carbocycles. The van der Waals surface area contributed by atoms with E-state index >= 15 is 0 Å². The highest BCUT2D eigenvalue weighted by Crippen LogP contribution is 2.14. The number of aryl methyl sites for hydroxylation is 1. The van der Waals surface area contributed by atoms with Crippen LogP contribution in [0, 0.1) is 0 Å². The molecule has 0 fully saturated rings. The van der Waals surface area contributed by atoms with Crippen LogP contribution in [0.1, 0.15) is 26.3 Å². The lowest BCUT2D eigenvalue weighted by Crippen LogP contribution is -2.38. The van der Waals surface area contributed by atoms with E-state index in [1.165, 1.54) is 22.5 Å². The molecule has 0 amide bonds. The zero-order valence-corrected chi connectivity index (χ0v) is 11.4. The Hall–Kier alpha value is -2.18. The van der Waals surface area contributed by atoms with Gasteiger partial charge in [0, 0.05) is 20.5 Å². The summed E-state index contributed by atoms with van der Waals surface area (Å²) in [6.45, 7) is 3.49. The second-order valence-electron chi connectivity index (χ2n) is 4.53. The van der Waals surface area contributed by atoms with Crippen molar-refractivity contribution in [3.63, 3.8) is 0 Å². The molecule has 0 bridgehead atoms. The van der Waals surface area contributed by atoms with Gasteiger partial charge in [0.05, 0.1) is 12.4 Å². The predicted octanol–water partition coefficient (Wildman–Crippen LogP) is -0.0262. The molecule has 1 atom stereocenters. The van der Waals surface area contributed by atoms with E-state index in [0.29, 0.717) is 12.1 Å². The van der Waals surface area contributed by atoms with E-state index in [4.69, 9.17) is 0 Å². The quantitative estimate of drug-likeness (QED) is 0.780. The van der Waals surface area contributed by atoms with Crippen LogP contribution in [0.15, 0.2) is 15.9 Å². The maximum Gasteiger partial charge on any atom is 0.332 e. The lowest BCUT2D eigenvalue weighted by molar-refractivity contribution is -0.121. The van der Waals surface area contributed by atoms with Gasteiger partial charge in [0.25, 0.3) is 5.56 Å². The van der Waals surface area contributed by atoms with Crippen molar-refractivity contribution >= 4 is 16.9 Å². The van der Waals surface area contributed by atoms with Crippen LogP contribution >= 0.6 is 0 Å². The first kappa shape index (κ1) is 13.3. The van der Waals surface area contributed by atoms with E-state index in [9.17, 15) is 14.4 Å². The van der Waals surface area contributed by atoms with Crippen LogP contribution in [-0.2, 0) is 18.9 Å². The topological polar surface area (TPSA) is 78.9 Å². The number of nitrogens with zero attached hydrogens (tertiary/aromatic N) is 4. The Labute approximate surface area is 109 Å². The predicted molar refractivity (Wildman–Crippen MR) is 70.2 cm³/mol. The molecule has 0 saturated carbocycles. The minimum atomic E-state index is -0.472. The Balaban J connectivity index is 2.84. The molecule has 0 N–H and O–H groups in total. The molecule has 0 spiro atoms. The molecule has 2 heterocycles. The summed E-state index contributed by atoms with van der Waals surface area (Å²) in [5, 5.41) is 0. The van der Waals surface area contributed by atoms with Gasteiger partial charge in [-0.25, -0.2) is 9.78 Å². The molecule has 0 saturated heterocycles. The third-order valence-electron chi connectivity index (χ3n) is 3.40. The molecular weight excluding hydrogens is 248 g/mol. The summed E-state index contributed by atoms with van der Waals surface area (Å²) < 4.78 is 3.85. The average Bonchev–Trinajstić information content (AvgIpc) is 2.85. The summed E-state index contributed by atoms with van der Waals surface area (Å²) in [6, 6.07) is -0.472. The monoisotopic (exact) mass is 264 g/mol. The first-order valence-electron chi connectivity index (χ1n) is 6.05. The van der Waals surface area contributed by atoms with E-state index in [1.54, 1.807) is 20.9 Å². The second kappa shape index (κ2) is 4.49. The number of fused-ring (bicyclic) bond motifs is 1. The van der Waals surface area contributed by atoms with Crippen molar-refractivity contribution < 1.29 is 4.79 Å². The highest BCUT2D eigenvalue weighted by atomic mass is 16.2. The number of imidazole rings is 1. The molecule has 7 nitrogen and oxygen atoms in total. The van der Waals surface area contributed by atoms with Gasteiger partial charge in [0.1, 0.15) is 0 Å². The molecule has 2 aromatic heterocycles. The van der Waals surface area contributed by atoms with Gasteiger partial charge >= 0.3 is 5.69 Å². The molecule has 2 rings (SSSR count). The van der Waals surface area contributed by atoms with Crippen LogP contribution in [0.4, 0.5) is 0 Å². The molecule has 19 heavy (non-hydrogen) atoms. The highest BCUT2D eigenvalue weighted by Gasteiger charge is 2.20. The first-order chi connectivity index (χ1) is 8.90. The highest BCUT2D eigenvalue weighted by molar-refractivity contribution is 5.84. The molecule has 0 aliphatic carbocycles. The van der Waals surface area contributed by atoms with E-state index < -0.39 is 17.3 Å². The summed E-state index contributed by atoms with van der Waals surface area (Å²) in [6.07, 6.45) is 1.82. The fourth-order valence-electron chi connectivity index (χ4n) is 2.11. The smallest absolute Gasteiger partial charge is 0.314 e. The van der Waals surface area contributed by atoms with Crippen LogP contribution < -0.4 is 11.2 Å². The zero-order valence-electron chi connectivity index (χ0n) is 11.4. The zero-order chi connectivity index (χ0) is 14.3. The summed E-state index contributed by atoms with van der Waals surface area (Å²) in [5.41, 5.74) is -0.300. The number of ketones is 1. The van der Waals surface area contributed by atoms with E-state index in [-0.39, 0.29) is 11.3 Å². The average molecular weight is 264 g/mol. The third kappa shape index (κ3) is 1.81. The summed E-state index contributed by atoms with van der Waals surface area (Å²) in [5.74, 6) is 0.00945. The first-order valence-corrected chi connectivity index (χ1v) is 6.05. The maximum atomic E-state index is 12.2. The fraction of sp³-hybridized carbons (Fsp3) is 0.500. The number of carbonyl (C=O) groups is 1. The molecular formula is C12H16N4O3. The number of carbonyl (C=O) groups excluding carboxylic acids is 1. The van der Waals surface area contributed by atoms with Crippen LogP contribution in [0.5, 0.6) is 0 Å². The van der Waals surface area contributed by atoms with Gasteiger partial charge in [-0.3, -0.25) is 18.7 Å². The number of hydrogen-bond donors (Lipinski definition) is 0. The molecule has 0 aliphatic heterocycles. The van der Waals surface area contributed by atoms with Crippen molar-refractivity contribution in [2.24, 2.45) is 14.1 Å². The van der Waals surface area contributed by atoms with Crippen molar-refractivity contribution in [3.05, 3.63) is 27.2 Å². The van der Waals surface area contributed by atoms with Crippen molar-refractivity contribution in [2.75, 3.05) is 0 Å². The molecule has 2 aromatic rings. The standard InChI is InChI=1S/C12H16N4O3/c1-5-8(17)7(2)16-6-13-10-9(16)11(18)15(4)12(19)14(10)3/h6-7H,5H2,1-4H3/t7-/m0/s1. The van der Waals surface area contributed by atoms with Gasteiger partial charge in [0.2, 0.25) is 0 Å². The van der Waals surface area contributed by atoms with E-state index in [2.05, 4.69) is 4.98 Å². The molecule has 7 heteroatoms. The molecule has 0 unspecified atom stereocenters. The van der Waals surface area contributed by atoms with Crippen molar-refractivity contribution in [1.82, 2.24) is 18.7 Å². The molecule has 0 radical (unpaired) electrons. The fourth-order valence-corrected chi connectivity index (χ4v) is 2.11. The Morgan fingerprint density at radius 1 is 1.32 bits per heavy atom. The number of hydrogen-bond acceptors (Lipinski definition) is 4. The minimum absolute atomic E-state index is 0.00945. The normalized spacial score (nSPS) is 12.8. The summed E-state index contributed by atoms with van der Waals surface area (Å²) >= 11 is 0. The Kier molecular flexibility index (Phi) is 3.13. The summed E-state index contributed by atoms with van der Waals surface area (Å²) in [7, 11) is 2.96. The molecule has 102 valence electrons. The summed E-state index contributed by atoms with van der Waals surface area (Å²) in [4.78, 5) is 39.8.